The molecule has 0 aliphatic rings. The van der Waals surface area contributed by atoms with Gasteiger partial charge in [0.25, 0.3) is 0 Å². The second-order valence-electron chi connectivity index (χ2n) is 4.63. The predicted octanol–water partition coefficient (Wildman–Crippen LogP) is 4.09. The summed E-state index contributed by atoms with van der Waals surface area (Å²) < 4.78 is 16.1. The zero-order valence-corrected chi connectivity index (χ0v) is 13.3. The van der Waals surface area contributed by atoms with Gasteiger partial charge in [-0.3, -0.25) is 4.98 Å². The van der Waals surface area contributed by atoms with Crippen LogP contribution in [0.25, 0.3) is 27.7 Å². The first-order valence-electron chi connectivity index (χ1n) is 6.37. The molecule has 4 heteroatoms. The summed E-state index contributed by atoms with van der Waals surface area (Å²) in [5.74, 6) is -0.457. The van der Waals surface area contributed by atoms with Gasteiger partial charge < -0.3 is 4.40 Å². The maximum atomic E-state index is 14.3. The number of rotatable bonds is 1. The monoisotopic (exact) mass is 454 g/mol. The van der Waals surface area contributed by atoms with Crippen molar-refractivity contribution in [3.8, 4) is 11.3 Å². The molecule has 2 nitrogen and oxygen atoms in total. The quantitative estimate of drug-likeness (QED) is 0.397. The number of fused-ring (bicyclic) bond motifs is 3. The van der Waals surface area contributed by atoms with Crippen molar-refractivity contribution in [3.63, 3.8) is 0 Å². The molecule has 0 spiro atoms. The summed E-state index contributed by atoms with van der Waals surface area (Å²) >= 11 is 0. The SMILES string of the molecule is Fc1nc2c3[c-]cccc3ccn2c1-c1ccccc1.[Ir]. The average Bonchev–Trinajstić information content (AvgIpc) is 2.84. The van der Waals surface area contributed by atoms with Gasteiger partial charge in [0.15, 0.2) is 0 Å². The van der Waals surface area contributed by atoms with E-state index in [1.807, 2.05) is 60.8 Å². The van der Waals surface area contributed by atoms with Gasteiger partial charge in [0.2, 0.25) is 5.95 Å². The molecule has 105 valence electrons. The number of halogens is 1. The minimum atomic E-state index is -0.457. The van der Waals surface area contributed by atoms with E-state index >= 15 is 0 Å². The van der Waals surface area contributed by atoms with Crippen molar-refractivity contribution in [2.75, 3.05) is 0 Å². The molecule has 2 aromatic heterocycles. The van der Waals surface area contributed by atoms with Crippen molar-refractivity contribution < 1.29 is 24.5 Å². The topological polar surface area (TPSA) is 17.3 Å². The van der Waals surface area contributed by atoms with Crippen LogP contribution in [0.4, 0.5) is 4.39 Å². The largest absolute Gasteiger partial charge is 0.338 e. The average molecular weight is 453 g/mol. The second-order valence-corrected chi connectivity index (χ2v) is 4.63. The molecule has 0 aliphatic carbocycles. The fraction of sp³-hybridized carbons (Fsp3) is 0. The van der Waals surface area contributed by atoms with Crippen molar-refractivity contribution in [2.45, 2.75) is 0 Å². The van der Waals surface area contributed by atoms with Crippen LogP contribution in [-0.2, 0) is 20.1 Å². The summed E-state index contributed by atoms with van der Waals surface area (Å²) in [5.41, 5.74) is 1.90. The summed E-state index contributed by atoms with van der Waals surface area (Å²) in [5, 5.41) is 1.83. The van der Waals surface area contributed by atoms with E-state index in [1.54, 1.807) is 4.40 Å². The molecule has 2 aromatic carbocycles. The molecule has 0 unspecified atom stereocenters. The normalized spacial score (nSPS) is 10.7. The van der Waals surface area contributed by atoms with Gasteiger partial charge in [-0.15, -0.1) is 35.0 Å². The number of benzene rings is 2. The molecule has 0 saturated heterocycles. The molecule has 0 fully saturated rings. The molecule has 4 aromatic rings. The fourth-order valence-corrected chi connectivity index (χ4v) is 2.52. The smallest absolute Gasteiger partial charge is 0.229 e. The van der Waals surface area contributed by atoms with E-state index < -0.39 is 5.95 Å². The van der Waals surface area contributed by atoms with Gasteiger partial charge >= 0.3 is 0 Å². The Bertz CT molecular complexity index is 916. The summed E-state index contributed by atoms with van der Waals surface area (Å²) in [6.45, 7) is 0. The molecule has 21 heavy (non-hydrogen) atoms. The summed E-state index contributed by atoms with van der Waals surface area (Å²) in [4.78, 5) is 4.08. The Hall–Kier alpha value is -2.03. The Morgan fingerprint density at radius 3 is 2.62 bits per heavy atom. The van der Waals surface area contributed by atoms with E-state index in [2.05, 4.69) is 11.1 Å². The van der Waals surface area contributed by atoms with Crippen LogP contribution in [0, 0.1) is 12.0 Å². The van der Waals surface area contributed by atoms with E-state index in [1.165, 1.54) is 0 Å². The van der Waals surface area contributed by atoms with E-state index in [0.717, 1.165) is 16.3 Å². The van der Waals surface area contributed by atoms with Crippen molar-refractivity contribution in [1.29, 1.82) is 0 Å². The minimum Gasteiger partial charge on any atom is -0.338 e. The second kappa shape index (κ2) is 5.40. The Labute approximate surface area is 134 Å². The number of nitrogens with zero attached hydrogens (tertiary/aromatic N) is 2. The zero-order valence-electron chi connectivity index (χ0n) is 10.9. The maximum Gasteiger partial charge on any atom is 0.229 e. The molecular formula is C17H10FIrN2-. The number of hydrogen-bond donors (Lipinski definition) is 0. The van der Waals surface area contributed by atoms with E-state index in [-0.39, 0.29) is 20.1 Å². The molecule has 0 saturated carbocycles. The van der Waals surface area contributed by atoms with Gasteiger partial charge in [-0.2, -0.15) is 4.39 Å². The third-order valence-electron chi connectivity index (χ3n) is 3.43. The number of pyridine rings is 1. The third kappa shape index (κ3) is 2.17. The summed E-state index contributed by atoms with van der Waals surface area (Å²) in [7, 11) is 0. The number of aromatic nitrogens is 2. The molecule has 0 bridgehead atoms. The van der Waals surface area contributed by atoms with Crippen LogP contribution in [0.2, 0.25) is 0 Å². The van der Waals surface area contributed by atoms with Crippen LogP contribution >= 0.6 is 0 Å². The van der Waals surface area contributed by atoms with Crippen molar-refractivity contribution in [1.82, 2.24) is 9.38 Å². The van der Waals surface area contributed by atoms with Gasteiger partial charge in [-0.25, -0.2) is 0 Å². The van der Waals surface area contributed by atoms with Crippen molar-refractivity contribution >= 4 is 16.4 Å². The molecule has 1 radical (unpaired) electrons. The van der Waals surface area contributed by atoms with Gasteiger partial charge in [0, 0.05) is 25.7 Å². The summed E-state index contributed by atoms with van der Waals surface area (Å²) in [6.07, 6.45) is 1.85. The Morgan fingerprint density at radius 1 is 1.00 bits per heavy atom. The number of hydrogen-bond acceptors (Lipinski definition) is 1. The predicted molar refractivity (Wildman–Crippen MR) is 76.9 cm³/mol. The molecule has 0 aliphatic heterocycles. The number of imidazole rings is 1. The first-order valence-corrected chi connectivity index (χ1v) is 6.37. The van der Waals surface area contributed by atoms with Crippen molar-refractivity contribution in [2.24, 2.45) is 0 Å². The van der Waals surface area contributed by atoms with Gasteiger partial charge in [-0.05, 0) is 6.20 Å². The molecule has 2 heterocycles. The Morgan fingerprint density at radius 2 is 1.81 bits per heavy atom. The first kappa shape index (κ1) is 13.9. The van der Waals surface area contributed by atoms with Crippen LogP contribution in [-0.4, -0.2) is 9.38 Å². The first-order chi connectivity index (χ1) is 9.84. The molecule has 0 atom stereocenters. The van der Waals surface area contributed by atoms with Crippen LogP contribution in [0.1, 0.15) is 0 Å². The Kier molecular flexibility index (Phi) is 3.58. The van der Waals surface area contributed by atoms with Crippen molar-refractivity contribution in [3.05, 3.63) is 72.8 Å². The molecular weight excluding hydrogens is 443 g/mol. The van der Waals surface area contributed by atoms with Gasteiger partial charge in [-0.1, -0.05) is 36.4 Å². The van der Waals surface area contributed by atoms with E-state index in [0.29, 0.717) is 11.3 Å². The van der Waals surface area contributed by atoms with Gasteiger partial charge in [0.05, 0.1) is 5.65 Å². The third-order valence-corrected chi connectivity index (χ3v) is 3.43. The molecule has 0 amide bonds. The van der Waals surface area contributed by atoms with Crippen LogP contribution < -0.4 is 0 Å². The fourth-order valence-electron chi connectivity index (χ4n) is 2.52. The zero-order chi connectivity index (χ0) is 13.5. The minimum absolute atomic E-state index is 0. The maximum absolute atomic E-state index is 14.3. The van der Waals surface area contributed by atoms with Crippen LogP contribution in [0.5, 0.6) is 0 Å². The van der Waals surface area contributed by atoms with Crippen LogP contribution in [0.3, 0.4) is 0 Å². The Balaban J connectivity index is 0.00000132. The standard InChI is InChI=1S/C17H10FN2.Ir/c18-16-15(13-7-2-1-3-8-13)20-11-10-12-6-4-5-9-14(12)17(20)19-16;/h1-8,10-11H;/q-1;. The van der Waals surface area contributed by atoms with E-state index in [4.69, 9.17) is 0 Å². The molecule has 0 N–H and O–H groups in total. The molecule has 4 rings (SSSR count). The van der Waals surface area contributed by atoms with E-state index in [9.17, 15) is 4.39 Å². The summed E-state index contributed by atoms with van der Waals surface area (Å²) in [6, 6.07) is 20.2. The van der Waals surface area contributed by atoms with Crippen LogP contribution in [0.15, 0.2) is 60.8 Å². The van der Waals surface area contributed by atoms with Gasteiger partial charge in [0.1, 0.15) is 5.69 Å².